The van der Waals surface area contributed by atoms with E-state index in [1.807, 2.05) is 0 Å². The Balaban J connectivity index is 0. The predicted octanol–water partition coefficient (Wildman–Crippen LogP) is 2.62. The highest BCUT2D eigenvalue weighted by Crippen LogP contribution is 2.61. The Morgan fingerprint density at radius 3 is 1.33 bits per heavy atom. The second-order valence-electron chi connectivity index (χ2n) is 3.99. The molecule has 0 aromatic heterocycles. The van der Waals surface area contributed by atoms with Gasteiger partial charge in [0.2, 0.25) is 0 Å². The van der Waals surface area contributed by atoms with Crippen molar-refractivity contribution in [3.8, 4) is 0 Å². The summed E-state index contributed by atoms with van der Waals surface area (Å²) >= 11 is 0. The Bertz CT molecular complexity index is 155. The zero-order valence-electron chi connectivity index (χ0n) is 11.2. The Hall–Kier alpha value is -0.100. The van der Waals surface area contributed by atoms with Gasteiger partial charge in [-0.2, -0.15) is 0 Å². The molecule has 0 fully saturated rings. The molecule has 0 aliphatic heterocycles. The zero-order valence-corrected chi connectivity index (χ0v) is 12.1. The molecule has 0 aromatic carbocycles. The number of carbonyl (C=O) groups excluding carboxylic acids is 1. The third-order valence-electron chi connectivity index (χ3n) is 3.27. The highest BCUT2D eigenvalue weighted by Gasteiger charge is 2.34. The normalized spacial score (nSPS) is 10.9. The molecule has 0 amide bonds. The Morgan fingerprint density at radius 2 is 1.33 bits per heavy atom. The van der Waals surface area contributed by atoms with Crippen molar-refractivity contribution in [1.29, 1.82) is 0 Å². The van der Waals surface area contributed by atoms with Gasteiger partial charge in [-0.3, -0.25) is 0 Å². The minimum absolute atomic E-state index is 0.111. The fourth-order valence-corrected chi connectivity index (χ4v) is 5.30. The van der Waals surface area contributed by atoms with Crippen LogP contribution in [-0.2, 0) is 4.79 Å². The standard InChI is InChI=1S/C9H22P.C3H6O2/c1-6-10(7-2,8-3)9(4)5;1-2-3(4)5/h9H,6-8H2,1-5H3;2H2,1H3,(H,4,5)/q+1;/p-1. The molecule has 2 nitrogen and oxygen atoms in total. The fourth-order valence-electron chi connectivity index (χ4n) is 1.77. The molecule has 0 aliphatic carbocycles. The van der Waals surface area contributed by atoms with Crippen molar-refractivity contribution in [2.45, 2.75) is 53.6 Å². The number of hydrogen-bond donors (Lipinski definition) is 0. The summed E-state index contributed by atoms with van der Waals surface area (Å²) in [6.45, 7) is 13.4. The largest absolute Gasteiger partial charge is 0.550 e. The van der Waals surface area contributed by atoms with Crippen molar-refractivity contribution in [2.75, 3.05) is 18.5 Å². The lowest BCUT2D eigenvalue weighted by molar-refractivity contribution is -0.305. The maximum absolute atomic E-state index is 9.26. The van der Waals surface area contributed by atoms with Crippen LogP contribution in [0.4, 0.5) is 0 Å². The smallest absolute Gasteiger partial charge is 0.0641 e. The van der Waals surface area contributed by atoms with E-state index < -0.39 is 13.2 Å². The Kier molecular flexibility index (Phi) is 10.6. The molecule has 0 N–H and O–H groups in total. The first-order valence-corrected chi connectivity index (χ1v) is 8.37. The highest BCUT2D eigenvalue weighted by atomic mass is 31.2. The molecule has 0 rings (SSSR count). The lowest BCUT2D eigenvalue weighted by Crippen LogP contribution is -2.19. The third kappa shape index (κ3) is 6.89. The van der Waals surface area contributed by atoms with Crippen LogP contribution in [-0.4, -0.2) is 30.1 Å². The van der Waals surface area contributed by atoms with Crippen LogP contribution in [0.25, 0.3) is 0 Å². The van der Waals surface area contributed by atoms with Gasteiger partial charge in [0, 0.05) is 13.2 Å². The van der Waals surface area contributed by atoms with Gasteiger partial charge in [-0.15, -0.1) is 0 Å². The van der Waals surface area contributed by atoms with E-state index in [-0.39, 0.29) is 6.42 Å². The van der Waals surface area contributed by atoms with Crippen molar-refractivity contribution in [2.24, 2.45) is 0 Å². The SMILES string of the molecule is CCC(=O)[O-].CC[P+](CC)(CC)C(C)C. The molecule has 92 valence electrons. The monoisotopic (exact) mass is 234 g/mol. The molecule has 0 saturated carbocycles. The molecule has 0 bridgehead atoms. The first-order valence-electron chi connectivity index (χ1n) is 5.95. The molecular formula is C12H27O2P. The van der Waals surface area contributed by atoms with Crippen LogP contribution in [0.1, 0.15) is 48.0 Å². The van der Waals surface area contributed by atoms with E-state index in [2.05, 4.69) is 34.6 Å². The maximum atomic E-state index is 9.26. The van der Waals surface area contributed by atoms with Crippen LogP contribution in [0.5, 0.6) is 0 Å². The van der Waals surface area contributed by atoms with Gasteiger partial charge in [0.25, 0.3) is 0 Å². The number of hydrogen-bond acceptors (Lipinski definition) is 2. The van der Waals surface area contributed by atoms with Crippen LogP contribution in [0.2, 0.25) is 0 Å². The van der Waals surface area contributed by atoms with Crippen molar-refractivity contribution in [1.82, 2.24) is 0 Å². The highest BCUT2D eigenvalue weighted by molar-refractivity contribution is 7.76. The molecule has 3 heteroatoms. The molecule has 0 unspecified atom stereocenters. The van der Waals surface area contributed by atoms with Crippen LogP contribution in [0.3, 0.4) is 0 Å². The molecule has 0 aromatic rings. The first-order chi connectivity index (χ1) is 6.90. The van der Waals surface area contributed by atoms with E-state index in [1.165, 1.54) is 25.4 Å². The van der Waals surface area contributed by atoms with E-state index in [1.54, 1.807) is 0 Å². The predicted molar refractivity (Wildman–Crippen MR) is 69.0 cm³/mol. The van der Waals surface area contributed by atoms with Gasteiger partial charge >= 0.3 is 0 Å². The van der Waals surface area contributed by atoms with Gasteiger partial charge in [-0.05, 0) is 41.0 Å². The molecule has 0 aliphatic rings. The van der Waals surface area contributed by atoms with Gasteiger partial charge in [0.15, 0.2) is 0 Å². The minimum Gasteiger partial charge on any atom is -0.550 e. The number of rotatable bonds is 5. The van der Waals surface area contributed by atoms with E-state index in [0.29, 0.717) is 0 Å². The minimum atomic E-state index is -0.995. The number of carboxylic acid groups (broad SMARTS) is 1. The topological polar surface area (TPSA) is 40.1 Å². The zero-order chi connectivity index (χ0) is 12.5. The van der Waals surface area contributed by atoms with Crippen molar-refractivity contribution in [3.05, 3.63) is 0 Å². The number of carboxylic acids is 1. The molecule has 0 radical (unpaired) electrons. The average Bonchev–Trinajstić information content (AvgIpc) is 2.21. The van der Waals surface area contributed by atoms with E-state index in [9.17, 15) is 9.90 Å². The van der Waals surface area contributed by atoms with Gasteiger partial charge in [-0.1, -0.05) is 6.92 Å². The summed E-state index contributed by atoms with van der Waals surface area (Å²) in [6, 6.07) is 0. The first kappa shape index (κ1) is 17.3. The fraction of sp³-hybridized carbons (Fsp3) is 0.917. The van der Waals surface area contributed by atoms with Gasteiger partial charge in [-0.25, -0.2) is 0 Å². The van der Waals surface area contributed by atoms with Gasteiger partial charge in [0.05, 0.1) is 24.1 Å². The second kappa shape index (κ2) is 9.15. The summed E-state index contributed by atoms with van der Waals surface area (Å²) < 4.78 is 0. The summed E-state index contributed by atoms with van der Waals surface area (Å²) in [7, 11) is -0.511. The molecule has 0 saturated heterocycles. The Labute approximate surface area is 95.8 Å². The van der Waals surface area contributed by atoms with Crippen LogP contribution in [0.15, 0.2) is 0 Å². The van der Waals surface area contributed by atoms with E-state index >= 15 is 0 Å². The number of aliphatic carboxylic acids is 1. The molecule has 0 spiro atoms. The maximum Gasteiger partial charge on any atom is 0.0641 e. The molecule has 0 atom stereocenters. The Morgan fingerprint density at radius 1 is 1.07 bits per heavy atom. The summed E-state index contributed by atoms with van der Waals surface area (Å²) in [5.74, 6) is -0.995. The van der Waals surface area contributed by atoms with Crippen molar-refractivity contribution in [3.63, 3.8) is 0 Å². The van der Waals surface area contributed by atoms with Gasteiger partial charge in [0.1, 0.15) is 0 Å². The van der Waals surface area contributed by atoms with Crippen molar-refractivity contribution >= 4 is 13.2 Å². The molecule has 0 heterocycles. The van der Waals surface area contributed by atoms with E-state index in [4.69, 9.17) is 0 Å². The average molecular weight is 234 g/mol. The van der Waals surface area contributed by atoms with Crippen molar-refractivity contribution < 1.29 is 9.90 Å². The lowest BCUT2D eigenvalue weighted by atomic mass is 10.5. The molecule has 15 heavy (non-hydrogen) atoms. The second-order valence-corrected chi connectivity index (χ2v) is 9.35. The summed E-state index contributed by atoms with van der Waals surface area (Å²) in [5, 5.41) is 9.26. The summed E-state index contributed by atoms with van der Waals surface area (Å²) in [6.07, 6.45) is 4.44. The van der Waals surface area contributed by atoms with Crippen LogP contribution in [0, 0.1) is 0 Å². The third-order valence-corrected chi connectivity index (χ3v) is 9.24. The molecular weight excluding hydrogens is 207 g/mol. The lowest BCUT2D eigenvalue weighted by Gasteiger charge is -2.27. The summed E-state index contributed by atoms with van der Waals surface area (Å²) in [4.78, 5) is 9.26. The quantitative estimate of drug-likeness (QED) is 0.686. The van der Waals surface area contributed by atoms with Crippen LogP contribution >= 0.6 is 7.26 Å². The van der Waals surface area contributed by atoms with Crippen LogP contribution < -0.4 is 5.11 Å². The van der Waals surface area contributed by atoms with E-state index in [0.717, 1.165) is 5.66 Å². The van der Waals surface area contributed by atoms with Gasteiger partial charge < -0.3 is 9.90 Å². The number of carbonyl (C=O) groups is 1. The summed E-state index contributed by atoms with van der Waals surface area (Å²) in [5.41, 5.74) is 0.951.